The molecule has 154 valence electrons. The van der Waals surface area contributed by atoms with E-state index in [-0.39, 0.29) is 5.91 Å². The molecule has 0 unspecified atom stereocenters. The summed E-state index contributed by atoms with van der Waals surface area (Å²) < 4.78 is 0. The SMILES string of the molecule is Cc1cnc(C(=O)N2Cc3ccccc3NCC[C@H]3CC[C@@H](C2)N3C(C)C)cn1. The second-order valence-electron chi connectivity index (χ2n) is 8.53. The zero-order valence-corrected chi connectivity index (χ0v) is 17.6. The van der Waals surface area contributed by atoms with Crippen molar-refractivity contribution in [3.8, 4) is 0 Å². The standard InChI is InChI=1S/C23H31N5O/c1-16(2)28-19-8-9-20(28)15-27(23(29)22-13-25-17(3)12-26-22)14-18-6-4-5-7-21(18)24-11-10-19/h4-7,12-13,16,19-20,24H,8-11,14-15H2,1-3H3/t19-,20+/m1/s1. The molecule has 2 aromatic rings. The molecule has 2 bridgehead atoms. The molecule has 1 saturated heterocycles. The minimum Gasteiger partial charge on any atom is -0.385 e. The Kier molecular flexibility index (Phi) is 5.81. The Morgan fingerprint density at radius 2 is 1.90 bits per heavy atom. The maximum absolute atomic E-state index is 13.4. The van der Waals surface area contributed by atoms with Crippen molar-refractivity contribution in [1.82, 2.24) is 19.8 Å². The number of anilines is 1. The number of aryl methyl sites for hydroxylation is 1. The first-order chi connectivity index (χ1) is 14.0. The summed E-state index contributed by atoms with van der Waals surface area (Å²) in [5.41, 5.74) is 3.50. The molecule has 1 aromatic heterocycles. The molecule has 29 heavy (non-hydrogen) atoms. The Hall–Kier alpha value is -2.47. The van der Waals surface area contributed by atoms with Crippen molar-refractivity contribution in [2.75, 3.05) is 18.4 Å². The third-order valence-corrected chi connectivity index (χ3v) is 6.16. The van der Waals surface area contributed by atoms with Gasteiger partial charge in [0.2, 0.25) is 0 Å². The number of nitrogens with one attached hydrogen (secondary N) is 1. The summed E-state index contributed by atoms with van der Waals surface area (Å²) in [6.45, 7) is 8.67. The molecule has 0 spiro atoms. The number of aromatic nitrogens is 2. The lowest BCUT2D eigenvalue weighted by Gasteiger charge is -2.36. The van der Waals surface area contributed by atoms with Crippen LogP contribution in [0.1, 0.15) is 54.9 Å². The predicted octanol–water partition coefficient (Wildman–Crippen LogP) is 3.48. The van der Waals surface area contributed by atoms with E-state index in [9.17, 15) is 4.79 Å². The average Bonchev–Trinajstić information content (AvgIpc) is 3.09. The van der Waals surface area contributed by atoms with E-state index in [2.05, 4.69) is 52.2 Å². The minimum atomic E-state index is -0.0429. The van der Waals surface area contributed by atoms with Gasteiger partial charge in [-0.1, -0.05) is 18.2 Å². The first-order valence-corrected chi connectivity index (χ1v) is 10.7. The fourth-order valence-electron chi connectivity index (χ4n) is 4.85. The molecular weight excluding hydrogens is 362 g/mol. The van der Waals surface area contributed by atoms with Crippen LogP contribution < -0.4 is 5.32 Å². The Labute approximate surface area is 173 Å². The highest BCUT2D eigenvalue weighted by molar-refractivity contribution is 5.92. The summed E-state index contributed by atoms with van der Waals surface area (Å²) in [6, 6.07) is 9.73. The molecule has 2 aliphatic heterocycles. The van der Waals surface area contributed by atoms with Crippen molar-refractivity contribution >= 4 is 11.6 Å². The molecule has 0 saturated carbocycles. The number of benzene rings is 1. The fraction of sp³-hybridized carbons (Fsp3) is 0.522. The van der Waals surface area contributed by atoms with Crippen LogP contribution in [0.4, 0.5) is 5.69 Å². The molecule has 4 rings (SSSR count). The smallest absolute Gasteiger partial charge is 0.274 e. The van der Waals surface area contributed by atoms with Crippen LogP contribution in [-0.2, 0) is 6.54 Å². The molecule has 2 atom stereocenters. The van der Waals surface area contributed by atoms with Crippen LogP contribution >= 0.6 is 0 Å². The van der Waals surface area contributed by atoms with E-state index in [1.54, 1.807) is 12.4 Å². The summed E-state index contributed by atoms with van der Waals surface area (Å²) in [5, 5.41) is 3.62. The van der Waals surface area contributed by atoms with E-state index < -0.39 is 0 Å². The normalized spacial score (nSPS) is 22.7. The van der Waals surface area contributed by atoms with Crippen LogP contribution in [0.25, 0.3) is 0 Å². The van der Waals surface area contributed by atoms with Gasteiger partial charge in [0.05, 0.1) is 11.9 Å². The van der Waals surface area contributed by atoms with Crippen molar-refractivity contribution in [2.45, 2.75) is 64.7 Å². The van der Waals surface area contributed by atoms with E-state index in [1.807, 2.05) is 17.9 Å². The first-order valence-electron chi connectivity index (χ1n) is 10.7. The molecule has 6 heteroatoms. The van der Waals surface area contributed by atoms with Crippen LogP contribution in [0.2, 0.25) is 0 Å². The number of carbonyl (C=O) groups is 1. The summed E-state index contributed by atoms with van der Waals surface area (Å²) in [4.78, 5) is 26.6. The van der Waals surface area contributed by atoms with Crippen LogP contribution in [-0.4, -0.2) is 56.9 Å². The lowest BCUT2D eigenvalue weighted by molar-refractivity contribution is 0.0628. The number of amides is 1. The minimum absolute atomic E-state index is 0.0429. The van der Waals surface area contributed by atoms with Crippen molar-refractivity contribution in [1.29, 1.82) is 0 Å². The Morgan fingerprint density at radius 1 is 1.10 bits per heavy atom. The number of carbonyl (C=O) groups excluding carboxylic acids is 1. The number of rotatable bonds is 2. The van der Waals surface area contributed by atoms with Gasteiger partial charge >= 0.3 is 0 Å². The van der Waals surface area contributed by atoms with Crippen LogP contribution in [0.3, 0.4) is 0 Å². The zero-order valence-electron chi connectivity index (χ0n) is 17.6. The predicted molar refractivity (Wildman–Crippen MR) is 115 cm³/mol. The van der Waals surface area contributed by atoms with Crippen LogP contribution in [0, 0.1) is 6.92 Å². The van der Waals surface area contributed by atoms with Gasteiger partial charge in [-0.25, -0.2) is 4.98 Å². The third-order valence-electron chi connectivity index (χ3n) is 6.16. The highest BCUT2D eigenvalue weighted by Gasteiger charge is 2.37. The van der Waals surface area contributed by atoms with E-state index >= 15 is 0 Å². The lowest BCUT2D eigenvalue weighted by Crippen LogP contribution is -2.48. The van der Waals surface area contributed by atoms with E-state index in [4.69, 9.17) is 0 Å². The molecule has 1 N–H and O–H groups in total. The summed E-state index contributed by atoms with van der Waals surface area (Å²) in [5.74, 6) is -0.0429. The van der Waals surface area contributed by atoms with Gasteiger partial charge in [-0.3, -0.25) is 14.7 Å². The van der Waals surface area contributed by atoms with E-state index in [0.29, 0.717) is 30.4 Å². The molecule has 6 nitrogen and oxygen atoms in total. The molecule has 3 heterocycles. The number of fused-ring (bicyclic) bond motifs is 3. The molecule has 0 radical (unpaired) electrons. The number of nitrogens with zero attached hydrogens (tertiary/aromatic N) is 4. The highest BCUT2D eigenvalue weighted by atomic mass is 16.2. The quantitative estimate of drug-likeness (QED) is 0.846. The molecule has 2 aliphatic rings. The third kappa shape index (κ3) is 4.27. The maximum Gasteiger partial charge on any atom is 0.274 e. The zero-order chi connectivity index (χ0) is 20.4. The maximum atomic E-state index is 13.4. The molecule has 1 amide bonds. The van der Waals surface area contributed by atoms with Crippen molar-refractivity contribution in [2.24, 2.45) is 0 Å². The van der Waals surface area contributed by atoms with Crippen molar-refractivity contribution in [3.05, 3.63) is 53.6 Å². The largest absolute Gasteiger partial charge is 0.385 e. The Morgan fingerprint density at radius 3 is 2.66 bits per heavy atom. The fourth-order valence-corrected chi connectivity index (χ4v) is 4.85. The van der Waals surface area contributed by atoms with Gasteiger partial charge in [-0.15, -0.1) is 0 Å². The highest BCUT2D eigenvalue weighted by Crippen LogP contribution is 2.31. The molecule has 1 fully saturated rings. The number of hydrogen-bond acceptors (Lipinski definition) is 5. The van der Waals surface area contributed by atoms with Crippen LogP contribution in [0.5, 0.6) is 0 Å². The molecule has 0 aliphatic carbocycles. The van der Waals surface area contributed by atoms with Gasteiger partial charge in [0.15, 0.2) is 0 Å². The lowest BCUT2D eigenvalue weighted by atomic mass is 10.1. The summed E-state index contributed by atoms with van der Waals surface area (Å²) in [7, 11) is 0. The average molecular weight is 394 g/mol. The topological polar surface area (TPSA) is 61.4 Å². The number of hydrogen-bond donors (Lipinski definition) is 1. The van der Waals surface area contributed by atoms with Crippen molar-refractivity contribution in [3.63, 3.8) is 0 Å². The van der Waals surface area contributed by atoms with E-state index in [0.717, 1.165) is 42.9 Å². The summed E-state index contributed by atoms with van der Waals surface area (Å²) >= 11 is 0. The summed E-state index contributed by atoms with van der Waals surface area (Å²) in [6.07, 6.45) is 6.72. The van der Waals surface area contributed by atoms with Gasteiger partial charge < -0.3 is 10.2 Å². The van der Waals surface area contributed by atoms with Gasteiger partial charge in [0.25, 0.3) is 5.91 Å². The second kappa shape index (κ2) is 8.49. The van der Waals surface area contributed by atoms with Gasteiger partial charge in [0, 0.05) is 49.6 Å². The molecular formula is C23H31N5O. The van der Waals surface area contributed by atoms with Gasteiger partial charge in [-0.2, -0.15) is 0 Å². The van der Waals surface area contributed by atoms with Crippen LogP contribution in [0.15, 0.2) is 36.7 Å². The molecule has 1 aromatic carbocycles. The van der Waals surface area contributed by atoms with Gasteiger partial charge in [-0.05, 0) is 51.7 Å². The van der Waals surface area contributed by atoms with Gasteiger partial charge in [0.1, 0.15) is 5.69 Å². The number of para-hydroxylation sites is 1. The Balaban J connectivity index is 1.68. The monoisotopic (exact) mass is 393 g/mol. The van der Waals surface area contributed by atoms with Crippen molar-refractivity contribution < 1.29 is 4.79 Å². The Bertz CT molecular complexity index is 851. The second-order valence-corrected chi connectivity index (χ2v) is 8.53. The first kappa shape index (κ1) is 19.8. The van der Waals surface area contributed by atoms with E-state index in [1.165, 1.54) is 6.42 Å².